The van der Waals surface area contributed by atoms with E-state index in [9.17, 15) is 0 Å². The lowest BCUT2D eigenvalue weighted by Crippen LogP contribution is -2.33. The predicted molar refractivity (Wildman–Crippen MR) is 87.5 cm³/mol. The van der Waals surface area contributed by atoms with Gasteiger partial charge in [0.15, 0.2) is 5.96 Å². The van der Waals surface area contributed by atoms with E-state index >= 15 is 0 Å². The summed E-state index contributed by atoms with van der Waals surface area (Å²) >= 11 is 1.78. The number of nitrogens with one attached hydrogen (secondary N) is 1. The lowest BCUT2D eigenvalue weighted by atomic mass is 10.2. The molecule has 1 rings (SSSR count). The largest absolute Gasteiger partial charge is 0.370 e. The van der Waals surface area contributed by atoms with Crippen LogP contribution in [0.5, 0.6) is 0 Å². The Labute approximate surface area is 124 Å². The third-order valence-corrected chi connectivity index (χ3v) is 3.23. The maximum atomic E-state index is 5.70. The van der Waals surface area contributed by atoms with Gasteiger partial charge in [-0.05, 0) is 37.3 Å². The van der Waals surface area contributed by atoms with E-state index < -0.39 is 0 Å². The average Bonchev–Trinajstić information content (AvgIpc) is 2.61. The van der Waals surface area contributed by atoms with E-state index in [1.54, 1.807) is 11.3 Å². The molecular weight excluding hydrogens is 345 g/mol. The van der Waals surface area contributed by atoms with Gasteiger partial charge in [0.25, 0.3) is 0 Å². The van der Waals surface area contributed by atoms with Gasteiger partial charge < -0.3 is 11.1 Å². The molecule has 0 aliphatic carbocycles. The van der Waals surface area contributed by atoms with Gasteiger partial charge in [0.1, 0.15) is 0 Å². The molecule has 5 heteroatoms. The van der Waals surface area contributed by atoms with Crippen LogP contribution in [0.1, 0.15) is 17.4 Å². The summed E-state index contributed by atoms with van der Waals surface area (Å²) in [6, 6.07) is 2.14. The fraction of sp³-hybridized carbons (Fsp3) is 0.417. The van der Waals surface area contributed by atoms with E-state index in [1.807, 2.05) is 6.92 Å². The van der Waals surface area contributed by atoms with Crippen LogP contribution in [0, 0.1) is 6.92 Å². The number of nitrogens with two attached hydrogens (primary N) is 1. The number of nitrogens with zero attached hydrogens (tertiary/aromatic N) is 1. The zero-order valence-electron chi connectivity index (χ0n) is 10.3. The van der Waals surface area contributed by atoms with Crippen LogP contribution in [0.25, 0.3) is 0 Å². The van der Waals surface area contributed by atoms with Crippen LogP contribution in [0.4, 0.5) is 0 Å². The van der Waals surface area contributed by atoms with Crippen LogP contribution in [-0.4, -0.2) is 19.0 Å². The molecule has 3 N–H and O–H groups in total. The van der Waals surface area contributed by atoms with E-state index in [0.29, 0.717) is 12.5 Å². The summed E-state index contributed by atoms with van der Waals surface area (Å²) in [5, 5.41) is 5.21. The molecule has 0 bridgehead atoms. The smallest absolute Gasteiger partial charge is 0.188 e. The molecule has 1 aromatic heterocycles. The Morgan fingerprint density at radius 2 is 2.29 bits per heavy atom. The highest BCUT2D eigenvalue weighted by Crippen LogP contribution is 2.15. The number of aryl methyl sites for hydroxylation is 1. The number of thiophene rings is 1. The second-order valence-corrected chi connectivity index (χ2v) is 4.86. The number of aliphatic imine (C=N–C) groups is 1. The summed E-state index contributed by atoms with van der Waals surface area (Å²) in [6.07, 6.45) is 0.993. The zero-order valence-corrected chi connectivity index (χ0v) is 13.5. The molecule has 0 atom stereocenters. The first-order valence-corrected chi connectivity index (χ1v) is 6.18. The maximum Gasteiger partial charge on any atom is 0.188 e. The molecule has 0 spiro atoms. The second-order valence-electron chi connectivity index (χ2n) is 3.86. The third kappa shape index (κ3) is 6.68. The Morgan fingerprint density at radius 3 is 2.82 bits per heavy atom. The molecule has 1 aromatic rings. The van der Waals surface area contributed by atoms with Gasteiger partial charge in [0.05, 0.1) is 6.54 Å². The van der Waals surface area contributed by atoms with E-state index in [2.05, 4.69) is 35.3 Å². The summed E-state index contributed by atoms with van der Waals surface area (Å²) in [4.78, 5) is 5.56. The van der Waals surface area contributed by atoms with E-state index in [4.69, 9.17) is 5.73 Å². The number of hydrogen-bond donors (Lipinski definition) is 2. The summed E-state index contributed by atoms with van der Waals surface area (Å²) < 4.78 is 0. The molecule has 0 radical (unpaired) electrons. The molecule has 0 saturated carbocycles. The van der Waals surface area contributed by atoms with Crippen molar-refractivity contribution in [1.29, 1.82) is 0 Å². The number of rotatable bonds is 5. The van der Waals surface area contributed by atoms with E-state index in [1.165, 1.54) is 10.4 Å². The molecule has 1 heterocycles. The van der Waals surface area contributed by atoms with Gasteiger partial charge >= 0.3 is 0 Å². The van der Waals surface area contributed by atoms with Crippen molar-refractivity contribution >= 4 is 41.3 Å². The van der Waals surface area contributed by atoms with Crippen LogP contribution in [-0.2, 0) is 6.42 Å². The van der Waals surface area contributed by atoms with Crippen molar-refractivity contribution in [1.82, 2.24) is 5.32 Å². The first-order valence-electron chi connectivity index (χ1n) is 5.30. The van der Waals surface area contributed by atoms with Crippen LogP contribution in [0.15, 0.2) is 28.6 Å². The van der Waals surface area contributed by atoms with Gasteiger partial charge in [-0.1, -0.05) is 12.2 Å². The van der Waals surface area contributed by atoms with E-state index in [0.717, 1.165) is 18.5 Å². The van der Waals surface area contributed by atoms with Crippen molar-refractivity contribution in [3.05, 3.63) is 34.0 Å². The molecule has 0 fully saturated rings. The van der Waals surface area contributed by atoms with Crippen molar-refractivity contribution in [3.8, 4) is 0 Å². The summed E-state index contributed by atoms with van der Waals surface area (Å²) in [5.74, 6) is 0.497. The summed E-state index contributed by atoms with van der Waals surface area (Å²) in [6.45, 7) is 9.26. The zero-order chi connectivity index (χ0) is 12.0. The summed E-state index contributed by atoms with van der Waals surface area (Å²) in [5.41, 5.74) is 8.06. The third-order valence-electron chi connectivity index (χ3n) is 2.15. The molecule has 0 aromatic carbocycles. The van der Waals surface area contributed by atoms with Gasteiger partial charge in [0, 0.05) is 11.4 Å². The minimum Gasteiger partial charge on any atom is -0.370 e. The highest BCUT2D eigenvalue weighted by Gasteiger charge is 1.99. The predicted octanol–water partition coefficient (Wildman–Crippen LogP) is 2.70. The Kier molecular flexibility index (Phi) is 8.24. The minimum atomic E-state index is 0. The normalized spacial score (nSPS) is 10.8. The highest BCUT2D eigenvalue weighted by atomic mass is 127. The molecule has 0 aliphatic rings. The number of guanidine groups is 1. The van der Waals surface area contributed by atoms with Gasteiger partial charge in [-0.25, -0.2) is 4.99 Å². The minimum absolute atomic E-state index is 0. The Balaban J connectivity index is 0.00000256. The van der Waals surface area contributed by atoms with Gasteiger partial charge in [0.2, 0.25) is 0 Å². The molecule has 17 heavy (non-hydrogen) atoms. The van der Waals surface area contributed by atoms with Crippen LogP contribution >= 0.6 is 35.3 Å². The van der Waals surface area contributed by atoms with Crippen molar-refractivity contribution in [2.45, 2.75) is 20.3 Å². The molecule has 96 valence electrons. The van der Waals surface area contributed by atoms with Gasteiger partial charge in [-0.3, -0.25) is 0 Å². The lowest BCUT2D eigenvalue weighted by molar-refractivity contribution is 0.859. The maximum absolute atomic E-state index is 5.70. The number of hydrogen-bond acceptors (Lipinski definition) is 2. The number of halogens is 1. The first kappa shape index (κ1) is 16.4. The Morgan fingerprint density at radius 1 is 1.59 bits per heavy atom. The van der Waals surface area contributed by atoms with Crippen LogP contribution < -0.4 is 11.1 Å². The molecule has 0 amide bonds. The monoisotopic (exact) mass is 365 g/mol. The fourth-order valence-corrected chi connectivity index (χ4v) is 2.15. The molecule has 3 nitrogen and oxygen atoms in total. The summed E-state index contributed by atoms with van der Waals surface area (Å²) in [7, 11) is 0. The Bertz CT molecular complexity index is 385. The lowest BCUT2D eigenvalue weighted by Gasteiger charge is -2.05. The SMILES string of the molecule is C=C(C)CN=C(N)NCCc1sccc1C.I. The highest BCUT2D eigenvalue weighted by molar-refractivity contribution is 14.0. The topological polar surface area (TPSA) is 50.4 Å². The van der Waals surface area contributed by atoms with Crippen molar-refractivity contribution in [2.24, 2.45) is 10.7 Å². The molecular formula is C12H20IN3S. The molecule has 0 unspecified atom stereocenters. The average molecular weight is 365 g/mol. The Hall–Kier alpha value is -0.560. The van der Waals surface area contributed by atoms with Crippen molar-refractivity contribution < 1.29 is 0 Å². The van der Waals surface area contributed by atoms with Crippen LogP contribution in [0.3, 0.4) is 0 Å². The quantitative estimate of drug-likeness (QED) is 0.365. The van der Waals surface area contributed by atoms with E-state index in [-0.39, 0.29) is 24.0 Å². The molecule has 0 saturated heterocycles. The van der Waals surface area contributed by atoms with Crippen molar-refractivity contribution in [2.75, 3.05) is 13.1 Å². The standard InChI is InChI=1S/C12H19N3S.HI/c1-9(2)8-15-12(13)14-6-4-11-10(3)5-7-16-11;/h5,7H,1,4,6,8H2,2-3H3,(H3,13,14,15);1H. The van der Waals surface area contributed by atoms with Gasteiger partial charge in [-0.15, -0.1) is 35.3 Å². The second kappa shape index (κ2) is 8.52. The molecule has 0 aliphatic heterocycles. The fourth-order valence-electron chi connectivity index (χ4n) is 1.24. The van der Waals surface area contributed by atoms with Gasteiger partial charge in [-0.2, -0.15) is 0 Å². The first-order chi connectivity index (χ1) is 7.59. The van der Waals surface area contributed by atoms with Crippen LogP contribution in [0.2, 0.25) is 0 Å². The van der Waals surface area contributed by atoms with Crippen molar-refractivity contribution in [3.63, 3.8) is 0 Å².